The molecular weight excluding hydrogens is 456 g/mol. The van der Waals surface area contributed by atoms with Gasteiger partial charge >= 0.3 is 10.1 Å². The van der Waals surface area contributed by atoms with Crippen molar-refractivity contribution in [1.82, 2.24) is 9.78 Å². The van der Waals surface area contributed by atoms with Crippen molar-refractivity contribution in [1.29, 1.82) is 0 Å². The van der Waals surface area contributed by atoms with Crippen molar-refractivity contribution in [3.05, 3.63) is 69.9 Å². The molecule has 0 N–H and O–H groups in total. The first-order valence-corrected chi connectivity index (χ1v) is 13.2. The third kappa shape index (κ3) is 4.22. The Bertz CT molecular complexity index is 1350. The van der Waals surface area contributed by atoms with Crippen LogP contribution in [-0.4, -0.2) is 29.7 Å². The van der Waals surface area contributed by atoms with E-state index in [1.165, 1.54) is 33.5 Å². The molecule has 0 spiro atoms. The smallest absolute Gasteiger partial charge is 0.340 e. The second kappa shape index (κ2) is 8.33. The van der Waals surface area contributed by atoms with Crippen LogP contribution < -0.4 is 4.18 Å². The lowest BCUT2D eigenvalue weighted by molar-refractivity contribution is 0.103. The fourth-order valence-corrected chi connectivity index (χ4v) is 6.99. The van der Waals surface area contributed by atoms with E-state index in [4.69, 9.17) is 4.18 Å². The maximum atomic E-state index is 13.7. The van der Waals surface area contributed by atoms with Crippen LogP contribution in [0.4, 0.5) is 0 Å². The first kappa shape index (κ1) is 23.6. The summed E-state index contributed by atoms with van der Waals surface area (Å²) in [5.41, 5.74) is 4.73. The number of carbonyl (C=O) groups is 1. The van der Waals surface area contributed by atoms with E-state index in [-0.39, 0.29) is 27.5 Å². The summed E-state index contributed by atoms with van der Waals surface area (Å²) >= 11 is 1.83. The lowest BCUT2D eigenvalue weighted by atomic mass is 9.77. The van der Waals surface area contributed by atoms with Crippen LogP contribution in [0.2, 0.25) is 0 Å². The van der Waals surface area contributed by atoms with Gasteiger partial charge in [-0.3, -0.25) is 4.79 Å². The van der Waals surface area contributed by atoms with E-state index in [2.05, 4.69) is 18.9 Å². The molecule has 0 saturated carbocycles. The Morgan fingerprint density at radius 2 is 1.79 bits per heavy atom. The number of fused-ring (bicyclic) bond motifs is 1. The van der Waals surface area contributed by atoms with Crippen molar-refractivity contribution in [2.45, 2.75) is 56.2 Å². The molecule has 4 rings (SSSR count). The first-order valence-electron chi connectivity index (χ1n) is 10.8. The van der Waals surface area contributed by atoms with Gasteiger partial charge in [0.2, 0.25) is 5.88 Å². The van der Waals surface area contributed by atoms with Gasteiger partial charge in [-0.15, -0.1) is 11.8 Å². The van der Waals surface area contributed by atoms with Crippen LogP contribution in [0.25, 0.3) is 0 Å². The molecular formula is C25H28N2O4S2. The van der Waals surface area contributed by atoms with Gasteiger partial charge in [0.15, 0.2) is 5.78 Å². The minimum absolute atomic E-state index is 0.0206. The molecule has 33 heavy (non-hydrogen) atoms. The lowest BCUT2D eigenvalue weighted by Crippen LogP contribution is -2.26. The monoisotopic (exact) mass is 484 g/mol. The zero-order chi connectivity index (χ0) is 24.1. The SMILES string of the molecule is Cc1ccc(S(=O)(=O)Oc2c(C(=O)c3cc(C)c4c(c3C)C(C)(C)CCS4)cnn2C)cc1. The van der Waals surface area contributed by atoms with Gasteiger partial charge in [-0.05, 0) is 73.2 Å². The minimum atomic E-state index is -4.13. The highest BCUT2D eigenvalue weighted by atomic mass is 32.2. The third-order valence-electron chi connectivity index (χ3n) is 6.25. The fourth-order valence-electron chi connectivity index (χ4n) is 4.35. The minimum Gasteiger partial charge on any atom is -0.358 e. The van der Waals surface area contributed by atoms with Gasteiger partial charge in [0.25, 0.3) is 0 Å². The summed E-state index contributed by atoms with van der Waals surface area (Å²) in [6.45, 7) is 10.3. The number of ketones is 1. The van der Waals surface area contributed by atoms with E-state index in [9.17, 15) is 13.2 Å². The van der Waals surface area contributed by atoms with Gasteiger partial charge in [0.05, 0.1) is 6.20 Å². The zero-order valence-corrected chi connectivity index (χ0v) is 21.4. The topological polar surface area (TPSA) is 78.3 Å². The van der Waals surface area contributed by atoms with Crippen molar-refractivity contribution >= 4 is 27.7 Å². The number of hydrogen-bond donors (Lipinski definition) is 0. The molecule has 0 amide bonds. The maximum absolute atomic E-state index is 13.7. The average Bonchev–Trinajstić information content (AvgIpc) is 3.09. The summed E-state index contributed by atoms with van der Waals surface area (Å²) in [5.74, 6) is 0.654. The van der Waals surface area contributed by atoms with Crippen LogP contribution in [-0.2, 0) is 22.6 Å². The van der Waals surface area contributed by atoms with Gasteiger partial charge in [-0.2, -0.15) is 13.5 Å². The highest BCUT2D eigenvalue weighted by molar-refractivity contribution is 7.99. The largest absolute Gasteiger partial charge is 0.358 e. The summed E-state index contributed by atoms with van der Waals surface area (Å²) in [7, 11) is -2.57. The van der Waals surface area contributed by atoms with E-state index >= 15 is 0 Å². The molecule has 1 aromatic heterocycles. The fraction of sp³-hybridized carbons (Fsp3) is 0.360. The molecule has 0 fully saturated rings. The summed E-state index contributed by atoms with van der Waals surface area (Å²) in [6.07, 6.45) is 2.40. The standard InChI is InChI=1S/C25H28N2O4S2/c1-15-7-9-18(10-8-15)33(29,30)31-24-20(14-26-27(24)6)22(28)19-13-16(2)23-21(17(19)3)25(4,5)11-12-32-23/h7-10,13-14H,11-12H2,1-6H3. The van der Waals surface area contributed by atoms with E-state index in [0.717, 1.165) is 28.9 Å². The number of carbonyl (C=O) groups excluding carboxylic acids is 1. The number of benzene rings is 2. The van der Waals surface area contributed by atoms with Crippen molar-refractivity contribution in [2.75, 3.05) is 5.75 Å². The number of aryl methyl sites for hydroxylation is 3. The molecule has 0 radical (unpaired) electrons. The van der Waals surface area contributed by atoms with Gasteiger partial charge in [0, 0.05) is 17.5 Å². The molecule has 1 aliphatic heterocycles. The number of thioether (sulfide) groups is 1. The van der Waals surface area contributed by atoms with Crippen LogP contribution in [0.15, 0.2) is 46.3 Å². The number of hydrogen-bond acceptors (Lipinski definition) is 6. The van der Waals surface area contributed by atoms with Gasteiger partial charge < -0.3 is 4.18 Å². The van der Waals surface area contributed by atoms with Crippen molar-refractivity contribution in [3.63, 3.8) is 0 Å². The van der Waals surface area contributed by atoms with E-state index in [1.807, 2.05) is 38.6 Å². The highest BCUT2D eigenvalue weighted by Gasteiger charge is 2.34. The summed E-state index contributed by atoms with van der Waals surface area (Å²) in [6, 6.07) is 8.27. The van der Waals surface area contributed by atoms with Gasteiger partial charge in [-0.1, -0.05) is 31.5 Å². The molecule has 0 unspecified atom stereocenters. The van der Waals surface area contributed by atoms with Crippen molar-refractivity contribution in [2.24, 2.45) is 7.05 Å². The van der Waals surface area contributed by atoms with Crippen LogP contribution in [0, 0.1) is 20.8 Å². The predicted molar refractivity (Wildman–Crippen MR) is 130 cm³/mol. The molecule has 2 aromatic carbocycles. The second-order valence-corrected chi connectivity index (χ2v) is 11.9. The molecule has 1 aliphatic rings. The molecule has 2 heterocycles. The Hall–Kier alpha value is -2.58. The van der Waals surface area contributed by atoms with E-state index in [1.54, 1.807) is 19.2 Å². The molecule has 174 valence electrons. The van der Waals surface area contributed by atoms with Crippen LogP contribution >= 0.6 is 11.8 Å². The quantitative estimate of drug-likeness (QED) is 0.370. The van der Waals surface area contributed by atoms with Crippen molar-refractivity contribution in [3.8, 4) is 5.88 Å². The average molecular weight is 485 g/mol. The maximum Gasteiger partial charge on any atom is 0.340 e. The van der Waals surface area contributed by atoms with E-state index < -0.39 is 10.1 Å². The molecule has 0 atom stereocenters. The predicted octanol–water partition coefficient (Wildman–Crippen LogP) is 5.12. The Kier molecular flexibility index (Phi) is 5.95. The van der Waals surface area contributed by atoms with Crippen LogP contribution in [0.1, 0.15) is 58.4 Å². The number of rotatable bonds is 5. The Morgan fingerprint density at radius 3 is 2.45 bits per heavy atom. The Balaban J connectivity index is 1.78. The zero-order valence-electron chi connectivity index (χ0n) is 19.7. The second-order valence-electron chi connectivity index (χ2n) is 9.22. The molecule has 0 saturated heterocycles. The van der Waals surface area contributed by atoms with Gasteiger partial charge in [0.1, 0.15) is 10.5 Å². The van der Waals surface area contributed by atoms with E-state index in [0.29, 0.717) is 5.56 Å². The number of aromatic nitrogens is 2. The molecule has 0 bridgehead atoms. The van der Waals surface area contributed by atoms with Gasteiger partial charge in [-0.25, -0.2) is 4.68 Å². The molecule has 0 aliphatic carbocycles. The lowest BCUT2D eigenvalue weighted by Gasteiger charge is -2.35. The summed E-state index contributed by atoms with van der Waals surface area (Å²) < 4.78 is 32.5. The molecule has 8 heteroatoms. The Morgan fingerprint density at radius 1 is 1.12 bits per heavy atom. The van der Waals surface area contributed by atoms with Crippen LogP contribution in [0.3, 0.4) is 0 Å². The Labute approximate surface area is 199 Å². The normalized spacial score (nSPS) is 15.2. The highest BCUT2D eigenvalue weighted by Crippen LogP contribution is 2.46. The summed E-state index contributed by atoms with van der Waals surface area (Å²) in [4.78, 5) is 14.9. The third-order valence-corrected chi connectivity index (χ3v) is 8.70. The van der Waals surface area contributed by atoms with Crippen LogP contribution in [0.5, 0.6) is 5.88 Å². The summed E-state index contributed by atoms with van der Waals surface area (Å²) in [5, 5.41) is 4.13. The first-order chi connectivity index (χ1) is 15.4. The molecule has 3 aromatic rings. The van der Waals surface area contributed by atoms with Crippen molar-refractivity contribution < 1.29 is 17.4 Å². The molecule has 6 nitrogen and oxygen atoms in total. The number of nitrogens with zero attached hydrogens (tertiary/aromatic N) is 2.